The molecule has 72 valence electrons. The SMILES string of the molecule is CC(Cl)c1nnc(NC2(C)CC2)o1. The highest BCUT2D eigenvalue weighted by Crippen LogP contribution is 2.37. The third-order valence-electron chi connectivity index (χ3n) is 2.19. The smallest absolute Gasteiger partial charge is 0.315 e. The van der Waals surface area contributed by atoms with Crippen molar-refractivity contribution >= 4 is 17.6 Å². The van der Waals surface area contributed by atoms with Gasteiger partial charge in [0.25, 0.3) is 0 Å². The van der Waals surface area contributed by atoms with Crippen LogP contribution in [0.15, 0.2) is 4.42 Å². The summed E-state index contributed by atoms with van der Waals surface area (Å²) >= 11 is 5.78. The molecule has 1 aromatic heterocycles. The maximum atomic E-state index is 5.78. The Bertz CT molecular complexity index is 306. The zero-order chi connectivity index (χ0) is 9.47. The Balaban J connectivity index is 2.05. The number of halogens is 1. The Labute approximate surface area is 81.7 Å². The molecule has 1 aliphatic carbocycles. The summed E-state index contributed by atoms with van der Waals surface area (Å²) in [6, 6.07) is 0.475. The third kappa shape index (κ3) is 1.94. The predicted octanol–water partition coefficient (Wildman–Crippen LogP) is 2.33. The van der Waals surface area contributed by atoms with E-state index in [1.165, 1.54) is 0 Å². The van der Waals surface area contributed by atoms with Crippen molar-refractivity contribution in [1.82, 2.24) is 10.2 Å². The normalized spacial score (nSPS) is 21.2. The van der Waals surface area contributed by atoms with Crippen LogP contribution in [-0.4, -0.2) is 15.7 Å². The quantitative estimate of drug-likeness (QED) is 0.763. The molecule has 1 unspecified atom stereocenters. The van der Waals surface area contributed by atoms with Gasteiger partial charge in [-0.15, -0.1) is 16.7 Å². The van der Waals surface area contributed by atoms with E-state index in [1.807, 2.05) is 0 Å². The molecule has 1 fully saturated rings. The lowest BCUT2D eigenvalue weighted by molar-refractivity contribution is 0.500. The molecule has 0 radical (unpaired) electrons. The maximum absolute atomic E-state index is 5.78. The number of alkyl halides is 1. The number of hydrogen-bond acceptors (Lipinski definition) is 4. The molecule has 13 heavy (non-hydrogen) atoms. The fraction of sp³-hybridized carbons (Fsp3) is 0.750. The molecule has 0 aromatic carbocycles. The summed E-state index contributed by atoms with van der Waals surface area (Å²) in [5.74, 6) is 0.466. The molecular weight excluding hydrogens is 190 g/mol. The molecule has 0 aliphatic heterocycles. The van der Waals surface area contributed by atoms with E-state index in [9.17, 15) is 0 Å². The van der Waals surface area contributed by atoms with Crippen molar-refractivity contribution in [3.8, 4) is 0 Å². The Morgan fingerprint density at radius 3 is 2.69 bits per heavy atom. The van der Waals surface area contributed by atoms with Crippen LogP contribution in [0, 0.1) is 0 Å². The zero-order valence-corrected chi connectivity index (χ0v) is 8.43. The summed E-state index contributed by atoms with van der Waals surface area (Å²) in [6.07, 6.45) is 2.31. The van der Waals surface area contributed by atoms with Crippen LogP contribution in [0.25, 0.3) is 0 Å². The summed E-state index contributed by atoms with van der Waals surface area (Å²) in [6.45, 7) is 3.93. The first-order valence-electron chi connectivity index (χ1n) is 4.35. The average Bonchev–Trinajstić information content (AvgIpc) is 2.62. The minimum absolute atomic E-state index is 0.166. The van der Waals surface area contributed by atoms with Gasteiger partial charge < -0.3 is 9.73 Å². The molecule has 1 heterocycles. The molecular formula is C8H12ClN3O. The van der Waals surface area contributed by atoms with E-state index in [2.05, 4.69) is 22.4 Å². The molecule has 5 heteroatoms. The van der Waals surface area contributed by atoms with Gasteiger partial charge in [-0.2, -0.15) is 0 Å². The summed E-state index contributed by atoms with van der Waals surface area (Å²) in [5, 5.41) is 10.6. The topological polar surface area (TPSA) is 51.0 Å². The summed E-state index contributed by atoms with van der Waals surface area (Å²) < 4.78 is 5.30. The number of nitrogens with one attached hydrogen (secondary N) is 1. The molecule has 0 bridgehead atoms. The largest absolute Gasteiger partial charge is 0.406 e. The second kappa shape index (κ2) is 2.87. The van der Waals surface area contributed by atoms with Gasteiger partial charge in [0.1, 0.15) is 5.38 Å². The van der Waals surface area contributed by atoms with E-state index in [0.29, 0.717) is 11.9 Å². The van der Waals surface area contributed by atoms with Gasteiger partial charge in [0, 0.05) is 5.54 Å². The van der Waals surface area contributed by atoms with Crippen LogP contribution in [0.4, 0.5) is 6.01 Å². The first-order valence-corrected chi connectivity index (χ1v) is 4.78. The molecule has 2 rings (SSSR count). The van der Waals surface area contributed by atoms with E-state index < -0.39 is 0 Å². The Kier molecular flexibility index (Phi) is 1.95. The Morgan fingerprint density at radius 1 is 1.54 bits per heavy atom. The molecule has 1 N–H and O–H groups in total. The number of nitrogens with zero attached hydrogens (tertiary/aromatic N) is 2. The first-order chi connectivity index (χ1) is 6.09. The van der Waals surface area contributed by atoms with Crippen LogP contribution < -0.4 is 5.32 Å². The van der Waals surface area contributed by atoms with Gasteiger partial charge in [-0.3, -0.25) is 0 Å². The van der Waals surface area contributed by atoms with E-state index in [4.69, 9.17) is 16.0 Å². The number of rotatable bonds is 3. The van der Waals surface area contributed by atoms with Crippen LogP contribution in [0.1, 0.15) is 38.0 Å². The van der Waals surface area contributed by atoms with Crippen molar-refractivity contribution in [3.05, 3.63) is 5.89 Å². The maximum Gasteiger partial charge on any atom is 0.315 e. The van der Waals surface area contributed by atoms with Gasteiger partial charge in [0.15, 0.2) is 0 Å². The molecule has 0 saturated heterocycles. The molecule has 4 nitrogen and oxygen atoms in total. The highest BCUT2D eigenvalue weighted by molar-refractivity contribution is 6.20. The van der Waals surface area contributed by atoms with Gasteiger partial charge in [-0.05, 0) is 26.7 Å². The fourth-order valence-corrected chi connectivity index (χ4v) is 1.10. The Hall–Kier alpha value is -0.770. The lowest BCUT2D eigenvalue weighted by atomic mass is 10.3. The van der Waals surface area contributed by atoms with Gasteiger partial charge in [-0.1, -0.05) is 5.10 Å². The van der Waals surface area contributed by atoms with Crippen molar-refractivity contribution in [2.24, 2.45) is 0 Å². The van der Waals surface area contributed by atoms with Crippen molar-refractivity contribution < 1.29 is 4.42 Å². The predicted molar refractivity (Wildman–Crippen MR) is 49.8 cm³/mol. The zero-order valence-electron chi connectivity index (χ0n) is 7.67. The number of hydrogen-bond donors (Lipinski definition) is 1. The highest BCUT2D eigenvalue weighted by Gasteiger charge is 2.38. The highest BCUT2D eigenvalue weighted by atomic mass is 35.5. The standard InChI is InChI=1S/C8H12ClN3O/c1-5(9)6-11-12-7(13-6)10-8(2)3-4-8/h5H,3-4H2,1-2H3,(H,10,12). The van der Waals surface area contributed by atoms with Crippen molar-refractivity contribution in [2.75, 3.05) is 5.32 Å². The monoisotopic (exact) mass is 201 g/mol. The van der Waals surface area contributed by atoms with E-state index >= 15 is 0 Å². The molecule has 1 atom stereocenters. The Morgan fingerprint density at radius 2 is 2.23 bits per heavy atom. The van der Waals surface area contributed by atoms with Crippen molar-refractivity contribution in [2.45, 2.75) is 37.6 Å². The minimum atomic E-state index is -0.227. The second-order valence-corrected chi connectivity index (χ2v) is 4.40. The third-order valence-corrected chi connectivity index (χ3v) is 2.38. The van der Waals surface area contributed by atoms with Gasteiger partial charge in [0.05, 0.1) is 0 Å². The lowest BCUT2D eigenvalue weighted by Crippen LogP contribution is -2.15. The lowest BCUT2D eigenvalue weighted by Gasteiger charge is -2.06. The van der Waals surface area contributed by atoms with Crippen molar-refractivity contribution in [1.29, 1.82) is 0 Å². The van der Waals surface area contributed by atoms with Crippen LogP contribution in [0.3, 0.4) is 0 Å². The molecule has 0 amide bonds. The first kappa shape index (κ1) is 8.81. The summed E-state index contributed by atoms with van der Waals surface area (Å²) in [4.78, 5) is 0. The van der Waals surface area contributed by atoms with Crippen LogP contribution >= 0.6 is 11.6 Å². The summed E-state index contributed by atoms with van der Waals surface area (Å²) in [7, 11) is 0. The van der Waals surface area contributed by atoms with Gasteiger partial charge in [0.2, 0.25) is 5.89 Å². The minimum Gasteiger partial charge on any atom is -0.406 e. The second-order valence-electron chi connectivity index (χ2n) is 3.75. The van der Waals surface area contributed by atoms with Crippen LogP contribution in [0.5, 0.6) is 0 Å². The molecule has 1 saturated carbocycles. The van der Waals surface area contributed by atoms with E-state index in [1.54, 1.807) is 6.92 Å². The fourth-order valence-electron chi connectivity index (χ4n) is 1.02. The van der Waals surface area contributed by atoms with Gasteiger partial charge in [-0.25, -0.2) is 0 Å². The summed E-state index contributed by atoms with van der Waals surface area (Å²) in [5.41, 5.74) is 0.166. The molecule has 0 spiro atoms. The van der Waals surface area contributed by atoms with E-state index in [0.717, 1.165) is 12.8 Å². The van der Waals surface area contributed by atoms with Crippen LogP contribution in [0.2, 0.25) is 0 Å². The van der Waals surface area contributed by atoms with Crippen LogP contribution in [-0.2, 0) is 0 Å². The van der Waals surface area contributed by atoms with Gasteiger partial charge >= 0.3 is 6.01 Å². The average molecular weight is 202 g/mol. The molecule has 1 aliphatic rings. The number of anilines is 1. The molecule has 1 aromatic rings. The van der Waals surface area contributed by atoms with Crippen molar-refractivity contribution in [3.63, 3.8) is 0 Å². The number of aromatic nitrogens is 2. The van der Waals surface area contributed by atoms with E-state index in [-0.39, 0.29) is 10.9 Å².